The maximum atomic E-state index is 5.88. The van der Waals surface area contributed by atoms with E-state index in [-0.39, 0.29) is 6.23 Å². The predicted octanol–water partition coefficient (Wildman–Crippen LogP) is 5.05. The number of methoxy groups -OCH3 is 1. The summed E-state index contributed by atoms with van der Waals surface area (Å²) in [6.07, 6.45) is 4.31. The first-order valence-corrected chi connectivity index (χ1v) is 8.02. The normalized spacial score (nSPS) is 18.1. The lowest BCUT2D eigenvalue weighted by Gasteiger charge is -2.36. The quantitative estimate of drug-likeness (QED) is 0.783. The van der Waals surface area contributed by atoms with Crippen LogP contribution in [0.2, 0.25) is 0 Å². The lowest BCUT2D eigenvalue weighted by molar-refractivity contribution is 0.149. The molecule has 2 aromatic carbocycles. The second-order valence-electron chi connectivity index (χ2n) is 5.64. The van der Waals surface area contributed by atoms with Crippen LogP contribution in [0.15, 0.2) is 71.8 Å². The maximum Gasteiger partial charge on any atom is 0.161 e. The fraction of sp³-hybridized carbons (Fsp3) is 0.238. The molecule has 0 amide bonds. The van der Waals surface area contributed by atoms with E-state index >= 15 is 0 Å². The molecule has 1 aliphatic rings. The monoisotopic (exact) mass is 304 g/mol. The van der Waals surface area contributed by atoms with E-state index < -0.39 is 0 Å². The molecule has 1 unspecified atom stereocenters. The second kappa shape index (κ2) is 6.84. The van der Waals surface area contributed by atoms with Crippen LogP contribution in [-0.2, 0) is 4.74 Å². The molecule has 1 aliphatic heterocycles. The van der Waals surface area contributed by atoms with Crippen molar-refractivity contribution in [3.63, 3.8) is 0 Å². The number of ether oxygens (including phenoxy) is 1. The zero-order valence-electron chi connectivity index (χ0n) is 13.9. The zero-order valence-corrected chi connectivity index (χ0v) is 13.9. The SMILES string of the molecule is CCC1=[C]N(c2ccccc2)C(OC)C(c2ccccc2)=C1C. The Kier molecular flexibility index (Phi) is 4.63. The van der Waals surface area contributed by atoms with Crippen LogP contribution >= 0.6 is 0 Å². The van der Waals surface area contributed by atoms with Crippen molar-refractivity contribution in [2.24, 2.45) is 0 Å². The van der Waals surface area contributed by atoms with Crippen molar-refractivity contribution in [1.29, 1.82) is 0 Å². The van der Waals surface area contributed by atoms with E-state index in [0.29, 0.717) is 0 Å². The van der Waals surface area contributed by atoms with E-state index in [9.17, 15) is 0 Å². The van der Waals surface area contributed by atoms with Crippen molar-refractivity contribution < 1.29 is 4.74 Å². The minimum absolute atomic E-state index is 0.171. The molecule has 0 bridgehead atoms. The van der Waals surface area contributed by atoms with Crippen molar-refractivity contribution in [1.82, 2.24) is 0 Å². The van der Waals surface area contributed by atoms with Gasteiger partial charge < -0.3 is 9.64 Å². The fourth-order valence-electron chi connectivity index (χ4n) is 3.10. The zero-order chi connectivity index (χ0) is 16.2. The fourth-order valence-corrected chi connectivity index (χ4v) is 3.10. The first kappa shape index (κ1) is 15.6. The summed E-state index contributed by atoms with van der Waals surface area (Å²) in [5, 5.41) is 0. The van der Waals surface area contributed by atoms with E-state index in [1.807, 2.05) is 24.3 Å². The highest BCUT2D eigenvalue weighted by Gasteiger charge is 2.29. The van der Waals surface area contributed by atoms with E-state index in [1.165, 1.54) is 22.3 Å². The molecule has 2 aromatic rings. The van der Waals surface area contributed by atoms with Gasteiger partial charge in [0.2, 0.25) is 0 Å². The van der Waals surface area contributed by atoms with Crippen LogP contribution in [0.5, 0.6) is 0 Å². The van der Waals surface area contributed by atoms with Crippen LogP contribution in [0.25, 0.3) is 5.57 Å². The van der Waals surface area contributed by atoms with Gasteiger partial charge in [0.05, 0.1) is 6.20 Å². The number of benzene rings is 2. The van der Waals surface area contributed by atoms with Crippen molar-refractivity contribution in [3.05, 3.63) is 83.6 Å². The predicted molar refractivity (Wildman–Crippen MR) is 95.8 cm³/mol. The number of nitrogens with zero attached hydrogens (tertiary/aromatic N) is 1. The lowest BCUT2D eigenvalue weighted by Crippen LogP contribution is -2.37. The molecule has 0 saturated carbocycles. The minimum Gasteiger partial charge on any atom is -0.357 e. The van der Waals surface area contributed by atoms with E-state index in [0.717, 1.165) is 12.1 Å². The summed E-state index contributed by atoms with van der Waals surface area (Å²) >= 11 is 0. The number of rotatable bonds is 4. The van der Waals surface area contributed by atoms with E-state index in [2.05, 4.69) is 61.3 Å². The standard InChI is InChI=1S/C21H22NO/c1-4-17-15-22(19-13-9-6-10-14-19)21(23-3)20(16(17)2)18-11-7-5-8-12-18/h5-14,21H,4H2,1-3H3. The number of hydrogen-bond donors (Lipinski definition) is 0. The summed E-state index contributed by atoms with van der Waals surface area (Å²) in [6, 6.07) is 20.8. The topological polar surface area (TPSA) is 12.5 Å². The average molecular weight is 304 g/mol. The summed E-state index contributed by atoms with van der Waals surface area (Å²) in [4.78, 5) is 2.11. The van der Waals surface area contributed by atoms with E-state index in [4.69, 9.17) is 4.74 Å². The van der Waals surface area contributed by atoms with Gasteiger partial charge in [0.1, 0.15) is 0 Å². The van der Waals surface area contributed by atoms with Crippen LogP contribution in [-0.4, -0.2) is 13.3 Å². The van der Waals surface area contributed by atoms with Gasteiger partial charge in [0, 0.05) is 18.4 Å². The molecule has 23 heavy (non-hydrogen) atoms. The summed E-state index contributed by atoms with van der Waals surface area (Å²) in [5.41, 5.74) is 5.99. The first-order valence-electron chi connectivity index (χ1n) is 8.02. The molecule has 0 fully saturated rings. The van der Waals surface area contributed by atoms with E-state index in [1.54, 1.807) is 7.11 Å². The van der Waals surface area contributed by atoms with Crippen molar-refractivity contribution in [2.45, 2.75) is 26.5 Å². The number of allylic oxidation sites excluding steroid dienone is 2. The Morgan fingerprint density at radius 2 is 1.61 bits per heavy atom. The highest BCUT2D eigenvalue weighted by Crippen LogP contribution is 2.37. The highest BCUT2D eigenvalue weighted by molar-refractivity contribution is 5.79. The third-order valence-corrected chi connectivity index (χ3v) is 4.29. The molecule has 2 nitrogen and oxygen atoms in total. The van der Waals surface area contributed by atoms with Gasteiger partial charge in [0.15, 0.2) is 6.23 Å². The second-order valence-corrected chi connectivity index (χ2v) is 5.64. The van der Waals surface area contributed by atoms with Crippen molar-refractivity contribution >= 4 is 11.3 Å². The summed E-state index contributed by atoms with van der Waals surface area (Å²) in [6.45, 7) is 4.34. The molecule has 2 heteroatoms. The van der Waals surface area contributed by atoms with Crippen LogP contribution in [0.3, 0.4) is 0 Å². The first-order chi connectivity index (χ1) is 11.3. The molecule has 0 aromatic heterocycles. The van der Waals surface area contributed by atoms with Crippen LogP contribution in [0, 0.1) is 6.20 Å². The number of hydrogen-bond acceptors (Lipinski definition) is 2. The Morgan fingerprint density at radius 1 is 1.00 bits per heavy atom. The van der Waals surface area contributed by atoms with Gasteiger partial charge in [-0.1, -0.05) is 55.5 Å². The van der Waals surface area contributed by atoms with Gasteiger partial charge in [-0.05, 0) is 42.2 Å². The largest absolute Gasteiger partial charge is 0.357 e. The maximum absolute atomic E-state index is 5.88. The Bertz CT molecular complexity index is 716. The Morgan fingerprint density at radius 3 is 2.17 bits per heavy atom. The summed E-state index contributed by atoms with van der Waals surface area (Å²) < 4.78 is 5.88. The van der Waals surface area contributed by atoms with Crippen molar-refractivity contribution in [2.75, 3.05) is 12.0 Å². The smallest absolute Gasteiger partial charge is 0.161 e. The summed E-state index contributed by atoms with van der Waals surface area (Å²) in [5.74, 6) is 0. The third kappa shape index (κ3) is 2.95. The number of para-hydroxylation sites is 1. The molecule has 1 atom stereocenters. The Hall–Kier alpha value is -2.32. The molecule has 117 valence electrons. The molecule has 1 heterocycles. The van der Waals surface area contributed by atoms with Gasteiger partial charge in [-0.2, -0.15) is 0 Å². The molecule has 3 rings (SSSR count). The summed E-state index contributed by atoms with van der Waals surface area (Å²) in [7, 11) is 1.76. The van der Waals surface area contributed by atoms with Gasteiger partial charge in [0.25, 0.3) is 0 Å². The molecular weight excluding hydrogens is 282 g/mol. The average Bonchev–Trinajstić information content (AvgIpc) is 2.62. The van der Waals surface area contributed by atoms with Crippen molar-refractivity contribution in [3.8, 4) is 0 Å². The van der Waals surface area contributed by atoms with Gasteiger partial charge in [-0.25, -0.2) is 0 Å². The molecular formula is C21H22NO. The molecule has 0 N–H and O–H groups in total. The third-order valence-electron chi connectivity index (χ3n) is 4.29. The van der Waals surface area contributed by atoms with Crippen LogP contribution in [0.1, 0.15) is 25.8 Å². The van der Waals surface area contributed by atoms with Gasteiger partial charge in [-0.3, -0.25) is 0 Å². The van der Waals surface area contributed by atoms with Gasteiger partial charge in [-0.15, -0.1) is 0 Å². The lowest BCUT2D eigenvalue weighted by atomic mass is 9.90. The molecule has 0 saturated heterocycles. The molecule has 0 spiro atoms. The molecule has 0 aliphatic carbocycles. The van der Waals surface area contributed by atoms with Gasteiger partial charge >= 0.3 is 0 Å². The minimum atomic E-state index is -0.171. The van der Waals surface area contributed by atoms with Crippen LogP contribution < -0.4 is 4.90 Å². The molecule has 1 radical (unpaired) electrons. The Balaban J connectivity index is 2.14. The number of anilines is 1. The highest BCUT2D eigenvalue weighted by atomic mass is 16.5. The Labute approximate surface area is 138 Å². The van der Waals surface area contributed by atoms with Crippen LogP contribution in [0.4, 0.5) is 5.69 Å².